The summed E-state index contributed by atoms with van der Waals surface area (Å²) in [5.74, 6) is 0. The molecule has 10 heavy (non-hydrogen) atoms. The molecule has 1 aromatic rings. The quantitative estimate of drug-likeness (QED) is 0.580. The third-order valence-electron chi connectivity index (χ3n) is 1.38. The molecule has 0 spiro atoms. The average Bonchev–Trinajstić information content (AvgIpc) is 1.91. The molecule has 0 aliphatic heterocycles. The van der Waals surface area contributed by atoms with E-state index < -0.39 is 0 Å². The minimum atomic E-state index is 0. The van der Waals surface area contributed by atoms with E-state index in [-0.39, 0.29) is 51.4 Å². The van der Waals surface area contributed by atoms with Crippen molar-refractivity contribution in [3.05, 3.63) is 35.9 Å². The summed E-state index contributed by atoms with van der Waals surface area (Å²) in [6.45, 7) is 2.20. The van der Waals surface area contributed by atoms with Crippen LogP contribution in [0.4, 0.5) is 0 Å². The van der Waals surface area contributed by atoms with E-state index >= 15 is 0 Å². The van der Waals surface area contributed by atoms with Gasteiger partial charge in [-0.2, -0.15) is 0 Å². The van der Waals surface area contributed by atoms with E-state index in [1.807, 2.05) is 0 Å². The molecule has 0 aromatic heterocycles. The Bertz CT molecular complexity index is 158. The Labute approximate surface area is 105 Å². The van der Waals surface area contributed by atoms with Gasteiger partial charge in [0.15, 0.2) is 0 Å². The molecule has 1 heteroatoms. The second kappa shape index (κ2) is 6.56. The molecule has 1 rings (SSSR count). The zero-order valence-electron chi connectivity index (χ0n) is 5.80. The van der Waals surface area contributed by atoms with Crippen LogP contribution >= 0.6 is 0 Å². The fourth-order valence-electron chi connectivity index (χ4n) is 0.933. The van der Waals surface area contributed by atoms with Crippen molar-refractivity contribution in [1.82, 2.24) is 0 Å². The number of aryl methyl sites for hydroxylation is 1. The van der Waals surface area contributed by atoms with Gasteiger partial charge < -0.3 is 0 Å². The molecule has 1 aromatic carbocycles. The molecule has 0 saturated carbocycles. The Morgan fingerprint density at radius 2 is 1.70 bits per heavy atom. The molecular formula is C9H13K. The maximum absolute atomic E-state index is 2.20. The van der Waals surface area contributed by atoms with Gasteiger partial charge in [0.25, 0.3) is 0 Å². The minimum absolute atomic E-state index is 0. The van der Waals surface area contributed by atoms with Gasteiger partial charge in [-0.1, -0.05) is 43.7 Å². The van der Waals surface area contributed by atoms with E-state index in [4.69, 9.17) is 0 Å². The zero-order chi connectivity index (χ0) is 6.53. The Hall–Kier alpha value is 0.856. The van der Waals surface area contributed by atoms with Crippen LogP contribution in [0.1, 0.15) is 18.9 Å². The first-order valence-electron chi connectivity index (χ1n) is 3.47. The molecule has 0 N–H and O–H groups in total. The van der Waals surface area contributed by atoms with Gasteiger partial charge >= 0.3 is 51.4 Å². The summed E-state index contributed by atoms with van der Waals surface area (Å²) in [6.07, 6.45) is 2.45. The fourth-order valence-corrected chi connectivity index (χ4v) is 0.933. The second-order valence-electron chi connectivity index (χ2n) is 2.24. The van der Waals surface area contributed by atoms with E-state index in [1.54, 1.807) is 0 Å². The summed E-state index contributed by atoms with van der Waals surface area (Å²) in [4.78, 5) is 0. The standard InChI is InChI=1S/C9H12.K.H/c1-2-6-9-7-4-3-5-8-9;;/h3-5,7-8H,2,6H2,1H3;;. The van der Waals surface area contributed by atoms with Crippen LogP contribution in [-0.2, 0) is 6.42 Å². The number of rotatable bonds is 2. The van der Waals surface area contributed by atoms with Gasteiger partial charge in [0.2, 0.25) is 0 Å². The fraction of sp³-hybridized carbons (Fsp3) is 0.333. The van der Waals surface area contributed by atoms with Gasteiger partial charge in [-0.15, -0.1) is 0 Å². The molecule has 0 saturated heterocycles. The van der Waals surface area contributed by atoms with Crippen molar-refractivity contribution in [1.29, 1.82) is 0 Å². The summed E-state index contributed by atoms with van der Waals surface area (Å²) in [7, 11) is 0. The van der Waals surface area contributed by atoms with Crippen molar-refractivity contribution in [2.24, 2.45) is 0 Å². The van der Waals surface area contributed by atoms with Crippen LogP contribution in [0.5, 0.6) is 0 Å². The van der Waals surface area contributed by atoms with Crippen LogP contribution in [-0.4, -0.2) is 51.4 Å². The van der Waals surface area contributed by atoms with E-state index in [1.165, 1.54) is 18.4 Å². The topological polar surface area (TPSA) is 0 Å². The molecule has 0 fully saturated rings. The van der Waals surface area contributed by atoms with Crippen molar-refractivity contribution in [3.63, 3.8) is 0 Å². The zero-order valence-corrected chi connectivity index (χ0v) is 5.80. The van der Waals surface area contributed by atoms with Crippen LogP contribution < -0.4 is 0 Å². The average molecular weight is 160 g/mol. The summed E-state index contributed by atoms with van der Waals surface area (Å²) in [5, 5.41) is 0. The van der Waals surface area contributed by atoms with E-state index in [9.17, 15) is 0 Å². The molecule has 0 radical (unpaired) electrons. The number of hydrogen-bond acceptors (Lipinski definition) is 0. The summed E-state index contributed by atoms with van der Waals surface area (Å²) >= 11 is 0. The van der Waals surface area contributed by atoms with Crippen molar-refractivity contribution in [2.75, 3.05) is 0 Å². The predicted molar refractivity (Wildman–Crippen MR) is 47.6 cm³/mol. The predicted octanol–water partition coefficient (Wildman–Crippen LogP) is 1.99. The van der Waals surface area contributed by atoms with Gasteiger partial charge in [-0.3, -0.25) is 0 Å². The van der Waals surface area contributed by atoms with Crippen LogP contribution in [0.25, 0.3) is 0 Å². The molecule has 0 heterocycles. The maximum atomic E-state index is 2.20. The summed E-state index contributed by atoms with van der Waals surface area (Å²) < 4.78 is 0. The third-order valence-corrected chi connectivity index (χ3v) is 1.38. The van der Waals surface area contributed by atoms with Crippen LogP contribution in [0.15, 0.2) is 30.3 Å². The van der Waals surface area contributed by atoms with Gasteiger partial charge in [0.1, 0.15) is 0 Å². The van der Waals surface area contributed by atoms with Crippen molar-refractivity contribution < 1.29 is 0 Å². The first kappa shape index (κ1) is 10.9. The van der Waals surface area contributed by atoms with E-state index in [0.29, 0.717) is 0 Å². The Balaban J connectivity index is 0.000000810. The Morgan fingerprint density at radius 1 is 1.10 bits per heavy atom. The molecule has 0 amide bonds. The van der Waals surface area contributed by atoms with Crippen molar-refractivity contribution in [3.8, 4) is 0 Å². The summed E-state index contributed by atoms with van der Waals surface area (Å²) in [6, 6.07) is 10.6. The van der Waals surface area contributed by atoms with Gasteiger partial charge in [-0.05, 0) is 12.0 Å². The van der Waals surface area contributed by atoms with Crippen molar-refractivity contribution >= 4 is 51.4 Å². The molecule has 50 valence electrons. The van der Waals surface area contributed by atoms with Gasteiger partial charge in [0.05, 0.1) is 0 Å². The monoisotopic (exact) mass is 160 g/mol. The molecule has 0 bridgehead atoms. The Morgan fingerprint density at radius 3 is 2.20 bits per heavy atom. The van der Waals surface area contributed by atoms with Crippen molar-refractivity contribution in [2.45, 2.75) is 19.8 Å². The van der Waals surface area contributed by atoms with E-state index in [0.717, 1.165) is 0 Å². The molecule has 0 atom stereocenters. The second-order valence-corrected chi connectivity index (χ2v) is 2.24. The molecular weight excluding hydrogens is 147 g/mol. The first-order valence-corrected chi connectivity index (χ1v) is 3.47. The van der Waals surface area contributed by atoms with Crippen LogP contribution in [0, 0.1) is 0 Å². The van der Waals surface area contributed by atoms with E-state index in [2.05, 4.69) is 37.3 Å². The van der Waals surface area contributed by atoms with Gasteiger partial charge in [0, 0.05) is 0 Å². The molecule has 0 aliphatic rings. The first-order chi connectivity index (χ1) is 4.43. The normalized spacial score (nSPS) is 8.50. The molecule has 0 unspecified atom stereocenters. The molecule has 0 aliphatic carbocycles. The van der Waals surface area contributed by atoms with Gasteiger partial charge in [-0.25, -0.2) is 0 Å². The van der Waals surface area contributed by atoms with Crippen LogP contribution in [0.3, 0.4) is 0 Å². The number of benzene rings is 1. The Kier molecular flexibility index (Phi) is 7.12. The SMILES string of the molecule is CCCc1ccccc1.[KH]. The summed E-state index contributed by atoms with van der Waals surface area (Å²) in [5.41, 5.74) is 1.44. The third kappa shape index (κ3) is 3.89. The molecule has 0 nitrogen and oxygen atoms in total. The number of hydrogen-bond donors (Lipinski definition) is 0. The van der Waals surface area contributed by atoms with Crippen LogP contribution in [0.2, 0.25) is 0 Å².